The third kappa shape index (κ3) is 9.30. The number of hydrogen-bond donors (Lipinski definition) is 1. The monoisotopic (exact) mass is 514 g/mol. The Morgan fingerprint density at radius 1 is 1.05 bits per heavy atom. The van der Waals surface area contributed by atoms with E-state index in [0.29, 0.717) is 11.8 Å². The molecule has 0 saturated heterocycles. The van der Waals surface area contributed by atoms with E-state index in [9.17, 15) is 9.90 Å². The average Bonchev–Trinajstić information content (AvgIpc) is 3.27. The van der Waals surface area contributed by atoms with Crippen molar-refractivity contribution in [3.8, 4) is 5.75 Å². The molecule has 0 heterocycles. The first-order chi connectivity index (χ1) is 17.9. The highest BCUT2D eigenvalue weighted by Gasteiger charge is 2.40. The zero-order valence-corrected chi connectivity index (χ0v) is 24.2. The van der Waals surface area contributed by atoms with Gasteiger partial charge in [0.05, 0.1) is 6.10 Å². The summed E-state index contributed by atoms with van der Waals surface area (Å²) in [5.74, 6) is 3.44. The van der Waals surface area contributed by atoms with Gasteiger partial charge in [0, 0.05) is 0 Å². The first-order valence-electron chi connectivity index (χ1n) is 15.6. The molecule has 0 radical (unpaired) electrons. The molecule has 0 spiro atoms. The number of carbonyl (C=O) groups excluding carboxylic acids is 1. The molecule has 0 aromatic heterocycles. The Morgan fingerprint density at radius 2 is 1.86 bits per heavy atom. The quantitative estimate of drug-likeness (QED) is 0.240. The number of ether oxygens (including phenoxy) is 2. The summed E-state index contributed by atoms with van der Waals surface area (Å²) in [6.45, 7) is 8.71. The molecule has 3 aliphatic carbocycles. The molecular formula is C33H54O4. The summed E-state index contributed by atoms with van der Waals surface area (Å²) < 4.78 is 11.7. The van der Waals surface area contributed by atoms with E-state index >= 15 is 0 Å². The van der Waals surface area contributed by atoms with Gasteiger partial charge in [-0.2, -0.15) is 0 Å². The highest BCUT2D eigenvalue weighted by Crippen LogP contribution is 2.48. The van der Waals surface area contributed by atoms with Crippen LogP contribution in [0.15, 0.2) is 18.2 Å². The standard InChI is InChI=1S/C30H46O4.C3H8/c1-3-4-5-10-25(31)16-15-22-13-14-24-19-28-23(18-27(22)24)9-7-12-29(28)33-20-30(32)34-26-11-6-8-21(2)17-26;1-3-2/h7,9,12,21-22,24-27,31H,3-6,8,10-11,13-20H2,1-2H3;3H2,1-2H3. The summed E-state index contributed by atoms with van der Waals surface area (Å²) >= 11 is 0. The fourth-order valence-electron chi connectivity index (χ4n) is 6.89. The molecule has 4 heteroatoms. The van der Waals surface area contributed by atoms with E-state index in [1.807, 2.05) is 6.07 Å². The Balaban J connectivity index is 0.00000121. The SMILES string of the molecule is CCC.CCCCCC(O)CCC1CCC2Cc3c(cccc3OCC(=O)OC3CCCC(C)C3)CC12. The van der Waals surface area contributed by atoms with Gasteiger partial charge >= 0.3 is 5.97 Å². The van der Waals surface area contributed by atoms with E-state index < -0.39 is 0 Å². The van der Waals surface area contributed by atoms with Crippen LogP contribution < -0.4 is 4.74 Å². The van der Waals surface area contributed by atoms with Gasteiger partial charge in [-0.25, -0.2) is 4.79 Å². The topological polar surface area (TPSA) is 55.8 Å². The van der Waals surface area contributed by atoms with Gasteiger partial charge in [-0.1, -0.05) is 71.9 Å². The maximum Gasteiger partial charge on any atom is 0.344 e. The average molecular weight is 515 g/mol. The van der Waals surface area contributed by atoms with Crippen LogP contribution in [0.5, 0.6) is 5.75 Å². The van der Waals surface area contributed by atoms with Gasteiger partial charge in [-0.3, -0.25) is 0 Å². The van der Waals surface area contributed by atoms with Gasteiger partial charge in [0.15, 0.2) is 6.61 Å². The van der Waals surface area contributed by atoms with Crippen molar-refractivity contribution in [3.63, 3.8) is 0 Å². The maximum absolute atomic E-state index is 12.4. The number of benzene rings is 1. The Hall–Kier alpha value is -1.55. The number of esters is 1. The molecule has 6 atom stereocenters. The molecule has 6 unspecified atom stereocenters. The molecule has 0 aliphatic heterocycles. The van der Waals surface area contributed by atoms with Gasteiger partial charge in [0.25, 0.3) is 0 Å². The normalized spacial score (nSPS) is 27.3. The van der Waals surface area contributed by atoms with Crippen molar-refractivity contribution in [2.24, 2.45) is 23.7 Å². The number of aliphatic hydroxyl groups excluding tert-OH is 1. The first-order valence-corrected chi connectivity index (χ1v) is 15.6. The molecule has 1 aromatic carbocycles. The Kier molecular flexibility index (Phi) is 12.8. The second kappa shape index (κ2) is 15.8. The zero-order chi connectivity index (χ0) is 26.6. The van der Waals surface area contributed by atoms with E-state index in [0.717, 1.165) is 75.4 Å². The minimum atomic E-state index is -0.233. The van der Waals surface area contributed by atoms with E-state index in [2.05, 4.69) is 39.8 Å². The lowest BCUT2D eigenvalue weighted by molar-refractivity contribution is -0.153. The van der Waals surface area contributed by atoms with Gasteiger partial charge in [0.1, 0.15) is 11.9 Å². The van der Waals surface area contributed by atoms with Crippen molar-refractivity contribution >= 4 is 5.97 Å². The fourth-order valence-corrected chi connectivity index (χ4v) is 6.89. The van der Waals surface area contributed by atoms with Crippen LogP contribution in [-0.2, 0) is 22.4 Å². The summed E-state index contributed by atoms with van der Waals surface area (Å²) in [5.41, 5.74) is 2.70. The van der Waals surface area contributed by atoms with Crippen molar-refractivity contribution in [1.82, 2.24) is 0 Å². The molecule has 210 valence electrons. The van der Waals surface area contributed by atoms with Crippen molar-refractivity contribution in [1.29, 1.82) is 0 Å². The van der Waals surface area contributed by atoms with Gasteiger partial charge < -0.3 is 14.6 Å². The van der Waals surface area contributed by atoms with Crippen LogP contribution in [0.25, 0.3) is 0 Å². The van der Waals surface area contributed by atoms with Gasteiger partial charge in [-0.05, 0) is 105 Å². The lowest BCUT2D eigenvalue weighted by Crippen LogP contribution is -2.28. The van der Waals surface area contributed by atoms with Crippen LogP contribution in [0.2, 0.25) is 0 Å². The van der Waals surface area contributed by atoms with Crippen LogP contribution in [0, 0.1) is 23.7 Å². The number of hydrogen-bond acceptors (Lipinski definition) is 4. The predicted octanol–water partition coefficient (Wildman–Crippen LogP) is 8.07. The van der Waals surface area contributed by atoms with E-state index in [1.54, 1.807) is 0 Å². The number of rotatable bonds is 11. The van der Waals surface area contributed by atoms with E-state index in [4.69, 9.17) is 9.47 Å². The Bertz CT molecular complexity index is 806. The summed E-state index contributed by atoms with van der Waals surface area (Å²) in [7, 11) is 0. The van der Waals surface area contributed by atoms with Crippen LogP contribution >= 0.6 is 0 Å². The summed E-state index contributed by atoms with van der Waals surface area (Å²) in [5, 5.41) is 10.4. The second-order valence-corrected chi connectivity index (χ2v) is 12.2. The molecule has 0 amide bonds. The molecule has 4 rings (SSSR count). The highest BCUT2D eigenvalue weighted by atomic mass is 16.6. The first kappa shape index (κ1) is 30.0. The smallest absolute Gasteiger partial charge is 0.344 e. The van der Waals surface area contributed by atoms with Crippen molar-refractivity contribution in [2.45, 2.75) is 136 Å². The fraction of sp³-hybridized carbons (Fsp3) is 0.788. The maximum atomic E-state index is 12.4. The molecule has 1 N–H and O–H groups in total. The lowest BCUT2D eigenvalue weighted by atomic mass is 9.73. The second-order valence-electron chi connectivity index (χ2n) is 12.2. The number of unbranched alkanes of at least 4 members (excludes halogenated alkanes) is 2. The molecule has 3 aliphatic rings. The number of aliphatic hydroxyl groups is 1. The minimum Gasteiger partial charge on any atom is -0.482 e. The molecule has 2 saturated carbocycles. The molecular weight excluding hydrogens is 460 g/mol. The number of carbonyl (C=O) groups is 1. The van der Waals surface area contributed by atoms with E-state index in [-0.39, 0.29) is 24.8 Å². The molecule has 1 aromatic rings. The zero-order valence-electron chi connectivity index (χ0n) is 24.2. The van der Waals surface area contributed by atoms with Gasteiger partial charge in [0.2, 0.25) is 0 Å². The number of fused-ring (bicyclic) bond motifs is 2. The van der Waals surface area contributed by atoms with Crippen molar-refractivity contribution in [3.05, 3.63) is 29.3 Å². The van der Waals surface area contributed by atoms with Crippen LogP contribution in [0.4, 0.5) is 0 Å². The molecule has 2 fully saturated rings. The summed E-state index contributed by atoms with van der Waals surface area (Å²) in [6, 6.07) is 6.34. The Labute approximate surface area is 226 Å². The van der Waals surface area contributed by atoms with Crippen LogP contribution in [0.3, 0.4) is 0 Å². The van der Waals surface area contributed by atoms with Crippen molar-refractivity contribution in [2.75, 3.05) is 6.61 Å². The highest BCUT2D eigenvalue weighted by molar-refractivity contribution is 5.71. The third-order valence-corrected chi connectivity index (χ3v) is 8.81. The molecule has 4 nitrogen and oxygen atoms in total. The van der Waals surface area contributed by atoms with Crippen LogP contribution in [0.1, 0.15) is 122 Å². The summed E-state index contributed by atoms with van der Waals surface area (Å²) in [6.07, 6.45) is 16.9. The minimum absolute atomic E-state index is 0.00791. The van der Waals surface area contributed by atoms with Gasteiger partial charge in [-0.15, -0.1) is 0 Å². The third-order valence-electron chi connectivity index (χ3n) is 8.81. The molecule has 37 heavy (non-hydrogen) atoms. The predicted molar refractivity (Wildman–Crippen MR) is 152 cm³/mol. The van der Waals surface area contributed by atoms with E-state index in [1.165, 1.54) is 49.7 Å². The largest absolute Gasteiger partial charge is 0.482 e. The summed E-state index contributed by atoms with van der Waals surface area (Å²) in [4.78, 5) is 12.4. The van der Waals surface area contributed by atoms with Crippen molar-refractivity contribution < 1.29 is 19.4 Å². The van der Waals surface area contributed by atoms with Crippen LogP contribution in [-0.4, -0.2) is 29.9 Å². The Morgan fingerprint density at radius 3 is 2.62 bits per heavy atom. The lowest BCUT2D eigenvalue weighted by Gasteiger charge is -2.32. The molecule has 0 bridgehead atoms.